The zero-order chi connectivity index (χ0) is 11.6. The molecule has 0 spiro atoms. The number of halogens is 3. The Bertz CT molecular complexity index is 477. The van der Waals surface area contributed by atoms with E-state index < -0.39 is 12.4 Å². The molecule has 0 aliphatic rings. The van der Waals surface area contributed by atoms with E-state index in [0.29, 0.717) is 5.56 Å². The third-order valence-electron chi connectivity index (χ3n) is 2.40. The summed E-state index contributed by atoms with van der Waals surface area (Å²) in [6.07, 6.45) is 0. The Morgan fingerprint density at radius 3 is 1.88 bits per heavy atom. The Hall–Kier alpha value is -1.71. The number of rotatable bonds is 2. The molecule has 0 radical (unpaired) electrons. The monoisotopic (exact) mass is 221 g/mol. The highest BCUT2D eigenvalue weighted by Crippen LogP contribution is 2.21. The summed E-state index contributed by atoms with van der Waals surface area (Å²) >= 11 is 0. The highest BCUT2D eigenvalue weighted by atomic mass is 19.4. The van der Waals surface area contributed by atoms with Crippen LogP contribution in [0.5, 0.6) is 0 Å². The Labute approximate surface area is 91.8 Å². The first-order valence-corrected chi connectivity index (χ1v) is 4.93. The largest absolute Gasteiger partial charge is 0.510 e. The van der Waals surface area contributed by atoms with Gasteiger partial charge < -0.3 is 12.9 Å². The lowest BCUT2D eigenvalue weighted by atomic mass is 9.75. The average molecular weight is 221 g/mol. The summed E-state index contributed by atoms with van der Waals surface area (Å²) in [6, 6.07) is 14.3. The van der Waals surface area contributed by atoms with Gasteiger partial charge in [-0.1, -0.05) is 54.6 Å². The van der Waals surface area contributed by atoms with Crippen molar-refractivity contribution < 1.29 is 12.9 Å². The number of hydrogen-bond donors (Lipinski definition) is 0. The van der Waals surface area contributed by atoms with Crippen molar-refractivity contribution in [3.8, 4) is 11.1 Å². The van der Waals surface area contributed by atoms with Gasteiger partial charge in [-0.25, -0.2) is 0 Å². The van der Waals surface area contributed by atoms with Crippen LogP contribution in [0.25, 0.3) is 11.1 Å². The van der Waals surface area contributed by atoms with Crippen molar-refractivity contribution in [1.82, 2.24) is 0 Å². The van der Waals surface area contributed by atoms with Crippen LogP contribution in [0.15, 0.2) is 54.6 Å². The van der Waals surface area contributed by atoms with Crippen LogP contribution in [-0.4, -0.2) is 6.98 Å². The van der Waals surface area contributed by atoms with Gasteiger partial charge in [0.15, 0.2) is 0 Å². The topological polar surface area (TPSA) is 0 Å². The first-order chi connectivity index (χ1) is 7.59. The Kier molecular flexibility index (Phi) is 2.73. The molecule has 82 valence electrons. The third kappa shape index (κ3) is 2.11. The molecule has 0 aliphatic heterocycles. The SMILES string of the molecule is F[B-](F)(F)c1ccccc1-c1ccccc1. The van der Waals surface area contributed by atoms with Crippen LogP contribution in [-0.2, 0) is 0 Å². The van der Waals surface area contributed by atoms with Crippen LogP contribution in [0.3, 0.4) is 0 Å². The first kappa shape index (κ1) is 10.8. The Morgan fingerprint density at radius 2 is 1.25 bits per heavy atom. The van der Waals surface area contributed by atoms with Crippen molar-refractivity contribution in [2.45, 2.75) is 0 Å². The fourth-order valence-electron chi connectivity index (χ4n) is 1.66. The van der Waals surface area contributed by atoms with Gasteiger partial charge in [0.25, 0.3) is 0 Å². The maximum Gasteiger partial charge on any atom is 0.510 e. The van der Waals surface area contributed by atoms with Crippen LogP contribution in [0.4, 0.5) is 12.9 Å². The van der Waals surface area contributed by atoms with Crippen LogP contribution < -0.4 is 5.46 Å². The average Bonchev–Trinajstić information content (AvgIpc) is 2.29. The van der Waals surface area contributed by atoms with Crippen molar-refractivity contribution >= 4 is 12.4 Å². The molecule has 2 aromatic rings. The lowest BCUT2D eigenvalue weighted by Gasteiger charge is -2.19. The summed E-state index contributed by atoms with van der Waals surface area (Å²) < 4.78 is 38.4. The van der Waals surface area contributed by atoms with E-state index in [-0.39, 0.29) is 5.56 Å². The second-order valence-electron chi connectivity index (χ2n) is 3.53. The molecule has 0 bridgehead atoms. The zero-order valence-electron chi connectivity index (χ0n) is 8.41. The summed E-state index contributed by atoms with van der Waals surface area (Å²) in [5.74, 6) is 0. The second kappa shape index (κ2) is 4.04. The summed E-state index contributed by atoms with van der Waals surface area (Å²) in [7, 11) is 0. The third-order valence-corrected chi connectivity index (χ3v) is 2.40. The van der Waals surface area contributed by atoms with E-state index in [2.05, 4.69) is 0 Å². The fourth-order valence-corrected chi connectivity index (χ4v) is 1.66. The minimum atomic E-state index is -4.96. The predicted molar refractivity (Wildman–Crippen MR) is 60.6 cm³/mol. The van der Waals surface area contributed by atoms with Gasteiger partial charge in [-0.2, -0.15) is 0 Å². The zero-order valence-corrected chi connectivity index (χ0v) is 8.41. The van der Waals surface area contributed by atoms with E-state index in [1.54, 1.807) is 36.4 Å². The molecule has 0 fully saturated rings. The van der Waals surface area contributed by atoms with Crippen molar-refractivity contribution in [3.63, 3.8) is 0 Å². The quantitative estimate of drug-likeness (QED) is 0.681. The molecule has 0 N–H and O–H groups in total. The molecule has 16 heavy (non-hydrogen) atoms. The minimum Gasteiger partial charge on any atom is -0.445 e. The first-order valence-electron chi connectivity index (χ1n) is 4.93. The Morgan fingerprint density at radius 1 is 0.688 bits per heavy atom. The van der Waals surface area contributed by atoms with Gasteiger partial charge in [-0.15, -0.1) is 5.46 Å². The van der Waals surface area contributed by atoms with E-state index in [1.165, 1.54) is 12.1 Å². The standard InChI is InChI=1S/C12H9BF3/c14-13(15,16)12-9-5-4-8-11(12)10-6-2-1-3-7-10/h1-9H/q-1. The molecule has 0 saturated carbocycles. The molecular weight excluding hydrogens is 212 g/mol. The predicted octanol–water partition coefficient (Wildman–Crippen LogP) is 3.41. The van der Waals surface area contributed by atoms with E-state index >= 15 is 0 Å². The molecule has 0 aliphatic carbocycles. The van der Waals surface area contributed by atoms with E-state index in [1.807, 2.05) is 0 Å². The van der Waals surface area contributed by atoms with Crippen LogP contribution in [0, 0.1) is 0 Å². The molecule has 2 rings (SSSR count). The van der Waals surface area contributed by atoms with E-state index in [4.69, 9.17) is 0 Å². The van der Waals surface area contributed by atoms with Gasteiger partial charge in [-0.3, -0.25) is 0 Å². The summed E-state index contributed by atoms with van der Waals surface area (Å²) in [6.45, 7) is -4.96. The lowest BCUT2D eigenvalue weighted by Crippen LogP contribution is -2.35. The van der Waals surface area contributed by atoms with Crippen molar-refractivity contribution in [2.24, 2.45) is 0 Å². The molecule has 0 nitrogen and oxygen atoms in total. The Balaban J connectivity index is 2.58. The molecule has 0 atom stereocenters. The van der Waals surface area contributed by atoms with Crippen molar-refractivity contribution in [2.75, 3.05) is 0 Å². The molecule has 0 amide bonds. The van der Waals surface area contributed by atoms with Crippen LogP contribution in [0.1, 0.15) is 0 Å². The molecule has 4 heteroatoms. The molecule has 0 saturated heterocycles. The molecule has 0 aromatic heterocycles. The molecule has 0 unspecified atom stereocenters. The minimum absolute atomic E-state index is 0.246. The van der Waals surface area contributed by atoms with Gasteiger partial charge in [0, 0.05) is 0 Å². The van der Waals surface area contributed by atoms with Crippen LogP contribution in [0.2, 0.25) is 0 Å². The van der Waals surface area contributed by atoms with E-state index in [9.17, 15) is 12.9 Å². The van der Waals surface area contributed by atoms with Crippen molar-refractivity contribution in [1.29, 1.82) is 0 Å². The summed E-state index contributed by atoms with van der Waals surface area (Å²) in [5.41, 5.74) is 0.307. The van der Waals surface area contributed by atoms with Gasteiger partial charge in [-0.05, 0) is 11.1 Å². The molecule has 2 aromatic carbocycles. The van der Waals surface area contributed by atoms with Gasteiger partial charge in [0.2, 0.25) is 0 Å². The smallest absolute Gasteiger partial charge is 0.445 e. The number of hydrogen-bond acceptors (Lipinski definition) is 0. The van der Waals surface area contributed by atoms with E-state index in [0.717, 1.165) is 6.07 Å². The van der Waals surface area contributed by atoms with Gasteiger partial charge in [0.1, 0.15) is 0 Å². The normalized spacial score (nSPS) is 11.4. The molecular formula is C12H9BF3-. The lowest BCUT2D eigenvalue weighted by molar-refractivity contribution is 0.501. The van der Waals surface area contributed by atoms with Gasteiger partial charge >= 0.3 is 6.98 Å². The highest BCUT2D eigenvalue weighted by molar-refractivity contribution is 6.75. The molecule has 0 heterocycles. The highest BCUT2D eigenvalue weighted by Gasteiger charge is 2.28. The van der Waals surface area contributed by atoms with Gasteiger partial charge in [0.05, 0.1) is 0 Å². The summed E-state index contributed by atoms with van der Waals surface area (Å²) in [5, 5.41) is 0. The summed E-state index contributed by atoms with van der Waals surface area (Å²) in [4.78, 5) is 0. The van der Waals surface area contributed by atoms with Crippen molar-refractivity contribution in [3.05, 3.63) is 54.6 Å². The fraction of sp³-hybridized carbons (Fsp3) is 0. The number of benzene rings is 2. The maximum atomic E-state index is 12.8. The van der Waals surface area contributed by atoms with Crippen LogP contribution >= 0.6 is 0 Å². The maximum absolute atomic E-state index is 12.8. The second-order valence-corrected chi connectivity index (χ2v) is 3.53.